The van der Waals surface area contributed by atoms with Crippen LogP contribution in [0.1, 0.15) is 18.9 Å². The van der Waals surface area contributed by atoms with E-state index in [1.165, 1.54) is 19.2 Å². The van der Waals surface area contributed by atoms with E-state index >= 15 is 0 Å². The highest BCUT2D eigenvalue weighted by Gasteiger charge is 2.30. The molecule has 3 N–H and O–H groups in total. The average Bonchev–Trinajstić information content (AvgIpc) is 2.68. The standard InChI is InChI=1S/C21H24F3N3O3/c1-3-11-27(14-20(29)26-17-9-4-5-10-18(17)30-2)13-19(28)25-16-8-6-7-15(12-16)21(22,23)24/h4-10,12H,3,11,13-14H2,1-2H3,(H,25,28)(H,26,29)/p+1. The predicted octanol–water partition coefficient (Wildman–Crippen LogP) is 2.59. The number of nitrogens with one attached hydrogen (secondary N) is 3. The van der Waals surface area contributed by atoms with Crippen LogP contribution in [0.3, 0.4) is 0 Å². The molecule has 30 heavy (non-hydrogen) atoms. The van der Waals surface area contributed by atoms with Crippen LogP contribution in [0.15, 0.2) is 48.5 Å². The fourth-order valence-electron chi connectivity index (χ4n) is 2.97. The number of methoxy groups -OCH3 is 1. The summed E-state index contributed by atoms with van der Waals surface area (Å²) in [7, 11) is 1.50. The molecule has 0 aliphatic heterocycles. The van der Waals surface area contributed by atoms with Crippen LogP contribution in [-0.4, -0.2) is 38.6 Å². The first kappa shape index (κ1) is 23.2. The number of benzene rings is 2. The zero-order valence-corrected chi connectivity index (χ0v) is 16.8. The fraction of sp³-hybridized carbons (Fsp3) is 0.333. The van der Waals surface area contributed by atoms with Gasteiger partial charge >= 0.3 is 6.18 Å². The first-order valence-electron chi connectivity index (χ1n) is 9.46. The van der Waals surface area contributed by atoms with Crippen molar-refractivity contribution in [1.29, 1.82) is 0 Å². The van der Waals surface area contributed by atoms with Gasteiger partial charge in [-0.25, -0.2) is 0 Å². The van der Waals surface area contributed by atoms with E-state index in [0.717, 1.165) is 18.6 Å². The molecular weight excluding hydrogens is 399 g/mol. The molecular formula is C21H25F3N3O3+. The molecule has 2 amide bonds. The number of hydrogen-bond acceptors (Lipinski definition) is 3. The largest absolute Gasteiger partial charge is 0.495 e. The summed E-state index contributed by atoms with van der Waals surface area (Å²) in [6, 6.07) is 11.4. The van der Waals surface area contributed by atoms with Gasteiger partial charge in [0, 0.05) is 5.69 Å². The lowest BCUT2D eigenvalue weighted by Gasteiger charge is -2.19. The van der Waals surface area contributed by atoms with E-state index in [1.807, 2.05) is 6.92 Å². The molecule has 2 aromatic carbocycles. The summed E-state index contributed by atoms with van der Waals surface area (Å²) in [6.45, 7) is 2.45. The molecule has 0 aliphatic rings. The van der Waals surface area contributed by atoms with E-state index in [0.29, 0.717) is 22.9 Å². The maximum absolute atomic E-state index is 12.8. The van der Waals surface area contributed by atoms with Crippen LogP contribution in [0.4, 0.5) is 24.5 Å². The number of carbonyl (C=O) groups is 2. The molecule has 1 unspecified atom stereocenters. The normalized spacial score (nSPS) is 12.2. The quantitative estimate of drug-likeness (QED) is 0.580. The van der Waals surface area contributed by atoms with Gasteiger partial charge in [0.1, 0.15) is 5.75 Å². The van der Waals surface area contributed by atoms with Gasteiger partial charge < -0.3 is 20.3 Å². The molecule has 9 heteroatoms. The van der Waals surface area contributed by atoms with Crippen molar-refractivity contribution in [2.45, 2.75) is 19.5 Å². The molecule has 0 saturated heterocycles. The molecule has 0 aliphatic carbocycles. The van der Waals surface area contributed by atoms with Crippen LogP contribution in [0.25, 0.3) is 0 Å². The molecule has 2 aromatic rings. The van der Waals surface area contributed by atoms with E-state index in [2.05, 4.69) is 10.6 Å². The van der Waals surface area contributed by atoms with Gasteiger partial charge in [-0.3, -0.25) is 9.59 Å². The second-order valence-electron chi connectivity index (χ2n) is 6.73. The number of hydrogen-bond donors (Lipinski definition) is 3. The van der Waals surface area contributed by atoms with Crippen LogP contribution >= 0.6 is 0 Å². The van der Waals surface area contributed by atoms with Gasteiger partial charge in [0.2, 0.25) is 0 Å². The third-order valence-electron chi connectivity index (χ3n) is 4.28. The lowest BCUT2D eigenvalue weighted by molar-refractivity contribution is -0.883. The Labute approximate surface area is 173 Å². The number of alkyl halides is 3. The Balaban J connectivity index is 1.97. The van der Waals surface area contributed by atoms with E-state index in [9.17, 15) is 22.8 Å². The highest BCUT2D eigenvalue weighted by Crippen LogP contribution is 2.30. The maximum Gasteiger partial charge on any atom is 0.416 e. The zero-order chi connectivity index (χ0) is 22.1. The van der Waals surface area contributed by atoms with Crippen molar-refractivity contribution in [1.82, 2.24) is 0 Å². The Hall–Kier alpha value is -3.07. The number of para-hydroxylation sites is 2. The summed E-state index contributed by atoms with van der Waals surface area (Å²) in [6.07, 6.45) is -3.76. The summed E-state index contributed by atoms with van der Waals surface area (Å²) in [5.74, 6) is -0.247. The maximum atomic E-state index is 12.8. The van der Waals surface area contributed by atoms with E-state index < -0.39 is 17.6 Å². The first-order chi connectivity index (χ1) is 14.2. The Bertz CT molecular complexity index is 872. The van der Waals surface area contributed by atoms with E-state index in [1.54, 1.807) is 24.3 Å². The number of halogens is 3. The lowest BCUT2D eigenvalue weighted by Crippen LogP contribution is -3.14. The number of amides is 2. The van der Waals surface area contributed by atoms with Crippen molar-refractivity contribution in [2.24, 2.45) is 0 Å². The molecule has 0 aromatic heterocycles. The van der Waals surface area contributed by atoms with Crippen LogP contribution < -0.4 is 20.3 Å². The Morgan fingerprint density at radius 3 is 2.30 bits per heavy atom. The SMILES string of the molecule is CCC[NH+](CC(=O)Nc1cccc(C(F)(F)F)c1)CC(=O)Nc1ccccc1OC. The third-order valence-corrected chi connectivity index (χ3v) is 4.28. The molecule has 162 valence electrons. The minimum absolute atomic E-state index is 0.0297. The molecule has 0 spiro atoms. The summed E-state index contributed by atoms with van der Waals surface area (Å²) in [4.78, 5) is 25.4. The van der Waals surface area contributed by atoms with E-state index in [-0.39, 0.29) is 24.7 Å². The molecule has 0 radical (unpaired) electrons. The third kappa shape index (κ3) is 7.07. The monoisotopic (exact) mass is 424 g/mol. The smallest absolute Gasteiger partial charge is 0.416 e. The molecule has 1 atom stereocenters. The number of anilines is 2. The second-order valence-corrected chi connectivity index (χ2v) is 6.73. The number of rotatable bonds is 9. The number of carbonyl (C=O) groups excluding carboxylic acids is 2. The van der Waals surface area contributed by atoms with Gasteiger partial charge in [-0.05, 0) is 36.8 Å². The van der Waals surface area contributed by atoms with Gasteiger partial charge in [-0.1, -0.05) is 25.1 Å². The molecule has 0 fully saturated rings. The van der Waals surface area contributed by atoms with Gasteiger partial charge in [-0.2, -0.15) is 13.2 Å². The minimum atomic E-state index is -4.49. The van der Waals surface area contributed by atoms with Crippen molar-refractivity contribution in [2.75, 3.05) is 37.4 Å². The molecule has 0 bridgehead atoms. The van der Waals surface area contributed by atoms with Crippen molar-refractivity contribution in [3.63, 3.8) is 0 Å². The van der Waals surface area contributed by atoms with Gasteiger partial charge in [-0.15, -0.1) is 0 Å². The summed E-state index contributed by atoms with van der Waals surface area (Å²) >= 11 is 0. The average molecular weight is 424 g/mol. The van der Waals surface area contributed by atoms with Crippen molar-refractivity contribution < 1.29 is 32.4 Å². The number of quaternary nitrogens is 1. The van der Waals surface area contributed by atoms with Crippen LogP contribution in [0.5, 0.6) is 5.75 Å². The predicted molar refractivity (Wildman–Crippen MR) is 108 cm³/mol. The topological polar surface area (TPSA) is 71.9 Å². The van der Waals surface area contributed by atoms with Crippen molar-refractivity contribution in [3.8, 4) is 5.75 Å². The van der Waals surface area contributed by atoms with Gasteiger partial charge in [0.05, 0.1) is 24.9 Å². The molecule has 6 nitrogen and oxygen atoms in total. The van der Waals surface area contributed by atoms with E-state index in [4.69, 9.17) is 4.74 Å². The highest BCUT2D eigenvalue weighted by atomic mass is 19.4. The first-order valence-corrected chi connectivity index (χ1v) is 9.46. The minimum Gasteiger partial charge on any atom is -0.495 e. The van der Waals surface area contributed by atoms with Crippen molar-refractivity contribution in [3.05, 3.63) is 54.1 Å². The lowest BCUT2D eigenvalue weighted by atomic mass is 10.2. The Kier molecular flexibility index (Phi) is 8.23. The highest BCUT2D eigenvalue weighted by molar-refractivity contribution is 5.94. The summed E-state index contributed by atoms with van der Waals surface area (Å²) < 4.78 is 43.7. The molecule has 0 saturated carbocycles. The Morgan fingerprint density at radius 2 is 1.67 bits per heavy atom. The summed E-state index contributed by atoms with van der Waals surface area (Å²) in [5.41, 5.74) is -0.257. The number of ether oxygens (including phenoxy) is 1. The molecule has 2 rings (SSSR count). The summed E-state index contributed by atoms with van der Waals surface area (Å²) in [5, 5.41) is 5.23. The Morgan fingerprint density at radius 1 is 1.00 bits per heavy atom. The fourth-order valence-corrected chi connectivity index (χ4v) is 2.97. The van der Waals surface area contributed by atoms with Crippen LogP contribution in [0.2, 0.25) is 0 Å². The van der Waals surface area contributed by atoms with Gasteiger partial charge in [0.15, 0.2) is 13.1 Å². The molecule has 0 heterocycles. The zero-order valence-electron chi connectivity index (χ0n) is 16.8. The van der Waals surface area contributed by atoms with Crippen LogP contribution in [0, 0.1) is 0 Å². The van der Waals surface area contributed by atoms with Crippen molar-refractivity contribution >= 4 is 23.2 Å². The second kappa shape index (κ2) is 10.6. The van der Waals surface area contributed by atoms with Gasteiger partial charge in [0.25, 0.3) is 11.8 Å². The van der Waals surface area contributed by atoms with Crippen LogP contribution in [-0.2, 0) is 15.8 Å².